The average molecular weight is 670 g/mol. The summed E-state index contributed by atoms with van der Waals surface area (Å²) in [5.74, 6) is 2.58. The quantitative estimate of drug-likeness (QED) is 0.145. The summed E-state index contributed by atoms with van der Waals surface area (Å²) in [6.45, 7) is -0.961. The van der Waals surface area contributed by atoms with Crippen LogP contribution < -0.4 is 0 Å². The Kier molecular flexibility index (Phi) is 7.76. The molecule has 0 radical (unpaired) electrons. The van der Waals surface area contributed by atoms with E-state index in [9.17, 15) is 35.3 Å². The molecule has 3 heterocycles. The van der Waals surface area contributed by atoms with Crippen LogP contribution in [0.25, 0.3) is 11.8 Å². The van der Waals surface area contributed by atoms with E-state index in [1.165, 1.54) is 48.5 Å². The number of carbonyl (C=O) groups excluding carboxylic acids is 1. The van der Waals surface area contributed by atoms with Crippen molar-refractivity contribution in [3.8, 4) is 5.69 Å². The number of Topliss-reactive ketones (excluding diaryl/α,β-unsaturated/α-hetero) is 1. The van der Waals surface area contributed by atoms with E-state index in [0.717, 1.165) is 4.31 Å². The van der Waals surface area contributed by atoms with Gasteiger partial charge in [-0.2, -0.15) is 18.3 Å². The van der Waals surface area contributed by atoms with Crippen LogP contribution in [0, 0.1) is 11.2 Å². The molecule has 6 rings (SSSR count). The molecule has 1 saturated carbocycles. The van der Waals surface area contributed by atoms with Crippen LogP contribution >= 0.6 is 11.3 Å². The van der Waals surface area contributed by atoms with E-state index in [0.29, 0.717) is 28.7 Å². The summed E-state index contributed by atoms with van der Waals surface area (Å²) in [6, 6.07) is 4.67. The number of aromatic nitrogens is 6. The zero-order chi connectivity index (χ0) is 32.3. The van der Waals surface area contributed by atoms with Crippen LogP contribution in [0.3, 0.4) is 0 Å². The normalized spacial score (nSPS) is 21.4. The molecule has 4 aromatic rings. The van der Waals surface area contributed by atoms with Gasteiger partial charge in [-0.15, -0.1) is 16.4 Å². The lowest BCUT2D eigenvalue weighted by Gasteiger charge is -2.46. The Hall–Kier alpha value is -3.83. The average Bonchev–Trinajstić information content (AvgIpc) is 3.74. The minimum absolute atomic E-state index is 0.0334. The van der Waals surface area contributed by atoms with Crippen molar-refractivity contribution >= 4 is 38.8 Å². The number of thiazole rings is 1. The first kappa shape index (κ1) is 31.2. The molecule has 238 valence electrons. The smallest absolute Gasteiger partial charge is 0.290 e. The fourth-order valence-corrected chi connectivity index (χ4v) is 8.57. The number of nitrogens with zero attached hydrogens (tertiary/aromatic N) is 7. The highest BCUT2D eigenvalue weighted by Gasteiger charge is 2.52. The molecule has 0 bridgehead atoms. The lowest BCUT2D eigenvalue weighted by molar-refractivity contribution is -0.134. The summed E-state index contributed by atoms with van der Waals surface area (Å²) in [7, 11) is -2.15. The van der Waals surface area contributed by atoms with E-state index in [-0.39, 0.29) is 47.2 Å². The number of fused-ring (bicyclic) bond motifs is 2. The summed E-state index contributed by atoms with van der Waals surface area (Å²) in [5.41, 5.74) is 0.733. The molecule has 0 amide bonds. The third-order valence-electron chi connectivity index (χ3n) is 8.09. The lowest BCUT2D eigenvalue weighted by atomic mass is 9.61. The summed E-state index contributed by atoms with van der Waals surface area (Å²) >= 11 is 0.208. The summed E-state index contributed by atoms with van der Waals surface area (Å²) in [6.07, 6.45) is -2.42. The van der Waals surface area contributed by atoms with Gasteiger partial charge >= 0.3 is 6.18 Å². The van der Waals surface area contributed by atoms with Crippen LogP contribution in [0.2, 0.25) is 0 Å². The number of benzene rings is 1. The number of hydrogen-bond donors (Lipinski definition) is 0. The van der Waals surface area contributed by atoms with Crippen molar-refractivity contribution in [3.05, 3.63) is 75.5 Å². The Balaban J connectivity index is 1.45. The number of allylic oxidation sites excluding steroid dienone is 1. The van der Waals surface area contributed by atoms with Gasteiger partial charge in [-0.05, 0) is 67.5 Å². The second kappa shape index (κ2) is 11.2. The Labute approximate surface area is 257 Å². The van der Waals surface area contributed by atoms with Crippen molar-refractivity contribution < 1.29 is 35.3 Å². The van der Waals surface area contributed by atoms with Crippen LogP contribution in [0.15, 0.2) is 53.7 Å². The van der Waals surface area contributed by atoms with E-state index in [4.69, 9.17) is 0 Å². The van der Waals surface area contributed by atoms with Crippen LogP contribution in [0.5, 0.6) is 0 Å². The molecule has 45 heavy (non-hydrogen) atoms. The first-order chi connectivity index (χ1) is 21.2. The topological polar surface area (TPSA) is 98.8 Å². The molecule has 1 fully saturated rings. The van der Waals surface area contributed by atoms with Gasteiger partial charge in [0.1, 0.15) is 17.0 Å². The Bertz CT molecular complexity index is 1900. The Morgan fingerprint density at radius 2 is 1.96 bits per heavy atom. The zero-order valence-corrected chi connectivity index (χ0v) is 25.2. The van der Waals surface area contributed by atoms with Gasteiger partial charge in [0.25, 0.3) is 6.43 Å². The molecule has 0 saturated heterocycles. The van der Waals surface area contributed by atoms with Crippen molar-refractivity contribution in [2.75, 3.05) is 6.54 Å². The number of halogens is 6. The molecular weight excluding hydrogens is 644 g/mol. The minimum atomic E-state index is -4.72. The molecule has 0 spiro atoms. The SMILES string of the molecule is C=S(=O)(c1ncn(C)n1)N(CC(F)F)[C@H]1CCC2=Cc3c(cnn3-c3ccc(F)cc3)C[C@]2(C(=O)c2ncc(C(F)(F)F)s2)C1. The highest BCUT2D eigenvalue weighted by atomic mass is 32.2. The van der Waals surface area contributed by atoms with Crippen LogP contribution in [-0.2, 0) is 29.4 Å². The van der Waals surface area contributed by atoms with Gasteiger partial charge in [0.05, 0.1) is 45.4 Å². The third-order valence-corrected chi connectivity index (χ3v) is 11.1. The number of alkyl halides is 5. The van der Waals surface area contributed by atoms with Crippen molar-refractivity contribution in [1.29, 1.82) is 0 Å². The summed E-state index contributed by atoms with van der Waals surface area (Å²) in [5, 5.41) is 7.82. The molecule has 17 heteroatoms. The van der Waals surface area contributed by atoms with Gasteiger partial charge < -0.3 is 0 Å². The number of rotatable bonds is 8. The Morgan fingerprint density at radius 1 is 1.22 bits per heavy atom. The van der Waals surface area contributed by atoms with E-state index in [1.807, 2.05) is 0 Å². The second-order valence-electron chi connectivity index (χ2n) is 11.0. The third kappa shape index (κ3) is 5.61. The maximum Gasteiger partial charge on any atom is 0.427 e. The van der Waals surface area contributed by atoms with Crippen LogP contribution in [0.4, 0.5) is 26.3 Å². The van der Waals surface area contributed by atoms with Gasteiger partial charge in [-0.25, -0.2) is 36.3 Å². The molecule has 2 aliphatic carbocycles. The fourth-order valence-electron chi connectivity index (χ4n) is 6.05. The highest BCUT2D eigenvalue weighted by molar-refractivity contribution is 7.98. The predicted molar refractivity (Wildman–Crippen MR) is 154 cm³/mol. The Morgan fingerprint density at radius 3 is 2.58 bits per heavy atom. The van der Waals surface area contributed by atoms with Gasteiger partial charge in [0, 0.05) is 13.1 Å². The van der Waals surface area contributed by atoms with Gasteiger partial charge in [0.2, 0.25) is 10.9 Å². The standard InChI is InChI=1S/C28H25F6N7O2S2/c1-39-15-36-26(38-39)45(2,43)40(14-23(30)31)20-6-3-17-9-21-16(12-37-41(21)19-7-4-18(29)5-8-19)10-27(17,11-20)24(42)25-35-13-22(44-25)28(32,33)34/h4-5,7-9,12-13,15,20,23H,2-3,6,10-11,14H2,1H3/t20-,27-,45?/m0/s1. The fraction of sp³-hybridized carbons (Fsp3) is 0.357. The molecule has 0 N–H and O–H groups in total. The van der Waals surface area contributed by atoms with Crippen LogP contribution in [0.1, 0.15) is 45.2 Å². The van der Waals surface area contributed by atoms with E-state index in [2.05, 4.69) is 26.0 Å². The monoisotopic (exact) mass is 669 g/mol. The minimum Gasteiger partial charge on any atom is -0.290 e. The number of hydrogen-bond acceptors (Lipinski definition) is 7. The molecule has 1 unspecified atom stereocenters. The summed E-state index contributed by atoms with van der Waals surface area (Å²) < 4.78 is 99.9. The van der Waals surface area contributed by atoms with E-state index >= 15 is 0 Å². The number of carbonyl (C=O) groups is 1. The predicted octanol–water partition coefficient (Wildman–Crippen LogP) is 5.23. The number of ketones is 1. The molecule has 9 nitrogen and oxygen atoms in total. The second-order valence-corrected chi connectivity index (χ2v) is 14.1. The van der Waals surface area contributed by atoms with Crippen molar-refractivity contribution in [2.45, 2.75) is 49.5 Å². The van der Waals surface area contributed by atoms with Gasteiger partial charge in [-0.3, -0.25) is 9.48 Å². The zero-order valence-electron chi connectivity index (χ0n) is 23.5. The molecule has 2 aliphatic rings. The lowest BCUT2D eigenvalue weighted by Crippen LogP contribution is -2.51. The highest BCUT2D eigenvalue weighted by Crippen LogP contribution is 2.52. The maximum atomic E-state index is 14.3. The molecule has 0 aliphatic heterocycles. The first-order valence-corrected chi connectivity index (χ1v) is 16.1. The van der Waals surface area contributed by atoms with Crippen molar-refractivity contribution in [3.63, 3.8) is 0 Å². The number of aryl methyl sites for hydroxylation is 1. The molecule has 3 atom stereocenters. The van der Waals surface area contributed by atoms with Crippen LogP contribution in [-0.4, -0.2) is 68.7 Å². The molecular formula is C28H25F6N7O2S2. The van der Waals surface area contributed by atoms with E-state index in [1.54, 1.807) is 10.8 Å². The largest absolute Gasteiger partial charge is 0.427 e. The van der Waals surface area contributed by atoms with Crippen molar-refractivity contribution in [1.82, 2.24) is 33.8 Å². The van der Waals surface area contributed by atoms with Crippen molar-refractivity contribution in [2.24, 2.45) is 12.5 Å². The first-order valence-electron chi connectivity index (χ1n) is 13.6. The maximum absolute atomic E-state index is 14.3. The molecule has 3 aromatic heterocycles. The van der Waals surface area contributed by atoms with Gasteiger partial charge in [0.15, 0.2) is 5.01 Å². The van der Waals surface area contributed by atoms with Gasteiger partial charge in [-0.1, -0.05) is 5.57 Å². The molecule has 1 aromatic carbocycles. The summed E-state index contributed by atoms with van der Waals surface area (Å²) in [4.78, 5) is 21.1. The van der Waals surface area contributed by atoms with E-state index < -0.39 is 56.8 Å².